The van der Waals surface area contributed by atoms with Gasteiger partial charge < -0.3 is 10.0 Å². The fourth-order valence-corrected chi connectivity index (χ4v) is 6.92. The van der Waals surface area contributed by atoms with E-state index in [0.717, 1.165) is 24.0 Å². The van der Waals surface area contributed by atoms with E-state index >= 15 is 0 Å². The normalized spacial score (nSPS) is 24.7. The Balaban J connectivity index is 1.91. The lowest BCUT2D eigenvalue weighted by molar-refractivity contribution is -0.162. The van der Waals surface area contributed by atoms with Crippen LogP contribution in [-0.2, 0) is 19.6 Å². The van der Waals surface area contributed by atoms with Crippen molar-refractivity contribution in [1.82, 2.24) is 9.62 Å². The third kappa shape index (κ3) is 6.45. The second-order valence-corrected chi connectivity index (χ2v) is 14.3. The van der Waals surface area contributed by atoms with Crippen molar-refractivity contribution in [3.63, 3.8) is 0 Å². The maximum atomic E-state index is 14.6. The summed E-state index contributed by atoms with van der Waals surface area (Å²) in [6, 6.07) is 13.9. The van der Waals surface area contributed by atoms with Gasteiger partial charge in [-0.25, -0.2) is 13.1 Å². The van der Waals surface area contributed by atoms with Gasteiger partial charge in [0, 0.05) is 28.5 Å². The lowest BCUT2D eigenvalue weighted by Gasteiger charge is -2.53. The first-order valence-corrected chi connectivity index (χ1v) is 15.7. The number of nitrogens with zero attached hydrogens (tertiary/aromatic N) is 1. The van der Waals surface area contributed by atoms with Gasteiger partial charge in [-0.2, -0.15) is 0 Å². The molecule has 39 heavy (non-hydrogen) atoms. The van der Waals surface area contributed by atoms with E-state index in [2.05, 4.69) is 4.72 Å². The third-order valence-corrected chi connectivity index (χ3v) is 10.6. The summed E-state index contributed by atoms with van der Waals surface area (Å²) in [5.74, 6) is -1.45. The Morgan fingerprint density at radius 3 is 2.31 bits per heavy atom. The summed E-state index contributed by atoms with van der Waals surface area (Å²) in [7, 11) is -3.58. The minimum absolute atomic E-state index is 0.0656. The number of likely N-dealkylation sites (tertiary alicyclic amines) is 1. The van der Waals surface area contributed by atoms with Crippen LogP contribution in [0.3, 0.4) is 0 Å². The van der Waals surface area contributed by atoms with Crippen LogP contribution in [0.4, 0.5) is 0 Å². The van der Waals surface area contributed by atoms with Gasteiger partial charge in [0.15, 0.2) is 0 Å². The molecule has 1 aliphatic heterocycles. The molecule has 4 rings (SSSR count). The zero-order chi connectivity index (χ0) is 28.5. The number of carboxylic acid groups (broad SMARTS) is 1. The maximum Gasteiger partial charge on any atom is 0.304 e. The number of amides is 1. The molecule has 1 saturated heterocycles. The lowest BCUT2D eigenvalue weighted by atomic mass is 9.64. The van der Waals surface area contributed by atoms with Gasteiger partial charge in [-0.1, -0.05) is 54.4 Å². The molecule has 0 aromatic heterocycles. The fraction of sp³-hybridized carbons (Fsp3) is 0.517. The van der Waals surface area contributed by atoms with Crippen LogP contribution in [0.5, 0.6) is 0 Å². The number of piperidine rings is 1. The summed E-state index contributed by atoms with van der Waals surface area (Å²) in [5.41, 5.74) is 0.613. The Bertz CT molecular complexity index is 1310. The van der Waals surface area contributed by atoms with Crippen molar-refractivity contribution in [3.8, 4) is 0 Å². The number of carboxylic acids is 1. The van der Waals surface area contributed by atoms with Crippen LogP contribution in [0.2, 0.25) is 10.0 Å². The monoisotopic (exact) mass is 594 g/mol. The van der Waals surface area contributed by atoms with Gasteiger partial charge in [0.05, 0.1) is 23.1 Å². The number of hydrogen-bond acceptors (Lipinski definition) is 4. The second-order valence-electron chi connectivity index (χ2n) is 11.1. The highest BCUT2D eigenvalue weighted by atomic mass is 35.5. The Morgan fingerprint density at radius 2 is 1.77 bits per heavy atom. The van der Waals surface area contributed by atoms with E-state index in [0.29, 0.717) is 22.9 Å². The number of nitrogens with one attached hydrogen (secondary N) is 1. The van der Waals surface area contributed by atoms with E-state index in [4.69, 9.17) is 23.2 Å². The standard InChI is InChI=1S/C29H36Cl2N2O5S/c1-4-29(16-26(34)35)15-24(21-6-5-7-23(31)14-21)27(20-10-12-22(30)13-11-20)33(28(29)36)25(19-8-9-19)17-32-39(37,38)18(2)3/h5-7,10-14,18-19,24-25,27,32H,4,8-9,15-17H2,1-3H3,(H,34,35). The van der Waals surface area contributed by atoms with E-state index in [1.807, 2.05) is 42.2 Å². The number of hydrogen-bond donors (Lipinski definition) is 2. The molecule has 4 unspecified atom stereocenters. The molecule has 0 bridgehead atoms. The highest BCUT2D eigenvalue weighted by Gasteiger charge is 2.55. The van der Waals surface area contributed by atoms with Crippen molar-refractivity contribution in [2.24, 2.45) is 11.3 Å². The van der Waals surface area contributed by atoms with Gasteiger partial charge in [0.1, 0.15) is 0 Å². The predicted octanol–water partition coefficient (Wildman–Crippen LogP) is 6.03. The summed E-state index contributed by atoms with van der Waals surface area (Å²) in [6.07, 6.45) is 2.09. The van der Waals surface area contributed by atoms with Crippen molar-refractivity contribution in [3.05, 3.63) is 69.7 Å². The van der Waals surface area contributed by atoms with Gasteiger partial charge in [-0.15, -0.1) is 0 Å². The summed E-state index contributed by atoms with van der Waals surface area (Å²) in [4.78, 5) is 28.5. The molecule has 1 aliphatic carbocycles. The number of carbonyl (C=O) groups excluding carboxylic acids is 1. The average molecular weight is 596 g/mol. The van der Waals surface area contributed by atoms with Crippen LogP contribution < -0.4 is 4.72 Å². The molecule has 0 radical (unpaired) electrons. The highest BCUT2D eigenvalue weighted by molar-refractivity contribution is 7.90. The van der Waals surface area contributed by atoms with Crippen molar-refractivity contribution in [2.75, 3.05) is 6.54 Å². The van der Waals surface area contributed by atoms with Gasteiger partial charge in [-0.05, 0) is 80.8 Å². The molecule has 2 aromatic rings. The first kappa shape index (κ1) is 29.8. The molecular formula is C29H36Cl2N2O5S. The molecule has 4 atom stereocenters. The van der Waals surface area contributed by atoms with Crippen LogP contribution in [0.15, 0.2) is 48.5 Å². The van der Waals surface area contributed by atoms with Gasteiger partial charge in [0.25, 0.3) is 0 Å². The van der Waals surface area contributed by atoms with Gasteiger partial charge >= 0.3 is 5.97 Å². The molecule has 1 amide bonds. The number of rotatable bonds is 11. The third-order valence-electron chi connectivity index (χ3n) is 8.27. The zero-order valence-corrected chi connectivity index (χ0v) is 24.8. The molecule has 2 aromatic carbocycles. The summed E-state index contributed by atoms with van der Waals surface area (Å²) < 4.78 is 28.3. The van der Waals surface area contributed by atoms with E-state index < -0.39 is 38.7 Å². The van der Waals surface area contributed by atoms with Crippen LogP contribution in [0, 0.1) is 11.3 Å². The van der Waals surface area contributed by atoms with Crippen LogP contribution >= 0.6 is 23.2 Å². The van der Waals surface area contributed by atoms with Crippen LogP contribution in [0.25, 0.3) is 0 Å². The number of halogens is 2. The van der Waals surface area contributed by atoms with E-state index in [1.165, 1.54) is 0 Å². The Kier molecular flexibility index (Phi) is 9.01. The largest absolute Gasteiger partial charge is 0.481 e. The molecule has 2 fully saturated rings. The van der Waals surface area contributed by atoms with Crippen LogP contribution in [0.1, 0.15) is 76.0 Å². The van der Waals surface area contributed by atoms with Gasteiger partial charge in [0.2, 0.25) is 15.9 Å². The van der Waals surface area contributed by atoms with Crippen molar-refractivity contribution in [1.29, 1.82) is 0 Å². The molecule has 2 aliphatic rings. The highest BCUT2D eigenvalue weighted by Crippen LogP contribution is 2.55. The fourth-order valence-electron chi connectivity index (χ4n) is 5.86. The van der Waals surface area contributed by atoms with Crippen molar-refractivity contribution < 1.29 is 23.1 Å². The minimum atomic E-state index is -3.58. The average Bonchev–Trinajstić information content (AvgIpc) is 3.71. The molecule has 10 heteroatoms. The Labute approximate surface area is 240 Å². The topological polar surface area (TPSA) is 104 Å². The first-order valence-electron chi connectivity index (χ1n) is 13.4. The second kappa shape index (κ2) is 11.8. The molecule has 1 saturated carbocycles. The van der Waals surface area contributed by atoms with Crippen molar-refractivity contribution in [2.45, 2.75) is 76.1 Å². The lowest BCUT2D eigenvalue weighted by Crippen LogP contribution is -2.59. The van der Waals surface area contributed by atoms with E-state index in [1.54, 1.807) is 32.0 Å². The van der Waals surface area contributed by atoms with E-state index in [-0.39, 0.29) is 30.7 Å². The minimum Gasteiger partial charge on any atom is -0.481 e. The zero-order valence-electron chi connectivity index (χ0n) is 22.4. The van der Waals surface area contributed by atoms with E-state index in [9.17, 15) is 23.1 Å². The number of sulfonamides is 1. The number of carbonyl (C=O) groups is 2. The number of benzene rings is 2. The summed E-state index contributed by atoms with van der Waals surface area (Å²) >= 11 is 12.6. The Hall–Kier alpha value is -2.13. The SMILES string of the molecule is CCC1(CC(=O)O)CC(c2cccc(Cl)c2)C(c2ccc(Cl)cc2)N(C(CNS(=O)(=O)C(C)C)C2CC2)C1=O. The molecule has 1 heterocycles. The Morgan fingerprint density at radius 1 is 1.10 bits per heavy atom. The summed E-state index contributed by atoms with van der Waals surface area (Å²) in [5, 5.41) is 10.4. The van der Waals surface area contributed by atoms with Gasteiger partial charge in [-0.3, -0.25) is 9.59 Å². The van der Waals surface area contributed by atoms with Crippen LogP contribution in [-0.4, -0.2) is 48.1 Å². The quantitative estimate of drug-likeness (QED) is 0.330. The first-order chi connectivity index (χ1) is 18.4. The maximum absolute atomic E-state index is 14.6. The molecule has 212 valence electrons. The molecule has 7 nitrogen and oxygen atoms in total. The summed E-state index contributed by atoms with van der Waals surface area (Å²) in [6.45, 7) is 5.14. The molecule has 0 spiro atoms. The predicted molar refractivity (Wildman–Crippen MR) is 153 cm³/mol. The molecular weight excluding hydrogens is 559 g/mol. The smallest absolute Gasteiger partial charge is 0.304 e. The molecule has 2 N–H and O–H groups in total. The number of aliphatic carboxylic acids is 1. The van der Waals surface area contributed by atoms with Crippen molar-refractivity contribution >= 4 is 45.1 Å².